The smallest absolute Gasteiger partial charge is 0.271 e. The number of amides is 1. The van der Waals surface area contributed by atoms with Gasteiger partial charge in [-0.25, -0.2) is 5.43 Å². The number of alkyl halides is 3. The van der Waals surface area contributed by atoms with Crippen LogP contribution in [0.3, 0.4) is 0 Å². The Kier molecular flexibility index (Phi) is 4.84. The zero-order valence-corrected chi connectivity index (χ0v) is 14.5. The Balaban J connectivity index is 1.71. The van der Waals surface area contributed by atoms with Gasteiger partial charge in [-0.05, 0) is 56.4 Å². The predicted octanol–water partition coefficient (Wildman–Crippen LogP) is 3.38. The lowest BCUT2D eigenvalue weighted by Gasteiger charge is -2.20. The van der Waals surface area contributed by atoms with Gasteiger partial charge in [-0.3, -0.25) is 9.48 Å². The van der Waals surface area contributed by atoms with Crippen LogP contribution in [0.1, 0.15) is 40.8 Å². The fraction of sp³-hybridized carbons (Fsp3) is 0.389. The molecule has 0 saturated carbocycles. The molecule has 0 fully saturated rings. The summed E-state index contributed by atoms with van der Waals surface area (Å²) in [7, 11) is 0. The fourth-order valence-corrected chi connectivity index (χ4v) is 3.18. The first-order valence-electron chi connectivity index (χ1n) is 8.30. The van der Waals surface area contributed by atoms with Crippen LogP contribution in [0.15, 0.2) is 29.5 Å². The minimum absolute atomic E-state index is 0.327. The van der Waals surface area contributed by atoms with Crippen LogP contribution in [0.25, 0.3) is 0 Å². The number of nitrogens with one attached hydrogen (secondary N) is 1. The lowest BCUT2D eigenvalue weighted by molar-refractivity contribution is -0.141. The lowest BCUT2D eigenvalue weighted by Crippen LogP contribution is -2.26. The first-order valence-corrected chi connectivity index (χ1v) is 8.30. The molecule has 1 aliphatic carbocycles. The molecule has 0 spiro atoms. The number of carbonyl (C=O) groups is 1. The van der Waals surface area contributed by atoms with Gasteiger partial charge in [0, 0.05) is 11.8 Å². The Bertz CT molecular complexity index is 868. The quantitative estimate of drug-likeness (QED) is 0.849. The Morgan fingerprint density at radius 1 is 1.31 bits per heavy atom. The van der Waals surface area contributed by atoms with Crippen molar-refractivity contribution in [3.63, 3.8) is 0 Å². The van der Waals surface area contributed by atoms with E-state index in [0.717, 1.165) is 53.0 Å². The van der Waals surface area contributed by atoms with Crippen molar-refractivity contribution in [1.82, 2.24) is 15.2 Å². The molecule has 1 amide bonds. The van der Waals surface area contributed by atoms with Crippen LogP contribution in [-0.2, 0) is 23.9 Å². The van der Waals surface area contributed by atoms with E-state index in [4.69, 9.17) is 0 Å². The summed E-state index contributed by atoms with van der Waals surface area (Å²) in [5.41, 5.74) is 6.80. The molecule has 0 bridgehead atoms. The number of hydrazone groups is 1. The molecule has 3 rings (SSSR count). The molecule has 0 atom stereocenters. The second kappa shape index (κ2) is 6.93. The van der Waals surface area contributed by atoms with Crippen molar-refractivity contribution in [3.8, 4) is 0 Å². The SMILES string of the molecule is Cc1cc(C)c2c(c1)/C(=N\NC(=O)Cn1ccc(C(F)(F)F)n1)CCC2. The fourth-order valence-electron chi connectivity index (χ4n) is 3.18. The first-order chi connectivity index (χ1) is 12.2. The highest BCUT2D eigenvalue weighted by molar-refractivity contribution is 6.03. The number of hydrogen-bond acceptors (Lipinski definition) is 3. The molecule has 0 unspecified atom stereocenters. The topological polar surface area (TPSA) is 59.3 Å². The molecule has 1 heterocycles. The molecule has 1 N–H and O–H groups in total. The van der Waals surface area contributed by atoms with Crippen LogP contribution in [0, 0.1) is 13.8 Å². The number of aryl methyl sites for hydroxylation is 2. The van der Waals surface area contributed by atoms with Crippen LogP contribution in [-0.4, -0.2) is 21.4 Å². The van der Waals surface area contributed by atoms with E-state index in [1.807, 2.05) is 6.92 Å². The maximum Gasteiger partial charge on any atom is 0.435 e. The van der Waals surface area contributed by atoms with Gasteiger partial charge in [-0.1, -0.05) is 11.6 Å². The number of rotatable bonds is 3. The van der Waals surface area contributed by atoms with Crippen molar-refractivity contribution in [2.24, 2.45) is 5.10 Å². The number of aromatic nitrogens is 2. The van der Waals surface area contributed by atoms with E-state index in [0.29, 0.717) is 0 Å². The van der Waals surface area contributed by atoms with Gasteiger partial charge in [-0.15, -0.1) is 0 Å². The average molecular weight is 364 g/mol. The maximum absolute atomic E-state index is 12.5. The van der Waals surface area contributed by atoms with Crippen LogP contribution < -0.4 is 5.43 Å². The zero-order valence-electron chi connectivity index (χ0n) is 14.5. The highest BCUT2D eigenvalue weighted by Crippen LogP contribution is 2.27. The van der Waals surface area contributed by atoms with E-state index >= 15 is 0 Å². The van der Waals surface area contributed by atoms with Crippen molar-refractivity contribution in [2.75, 3.05) is 0 Å². The predicted molar refractivity (Wildman–Crippen MR) is 90.8 cm³/mol. The molecule has 8 heteroatoms. The van der Waals surface area contributed by atoms with Gasteiger partial charge in [0.25, 0.3) is 5.91 Å². The van der Waals surface area contributed by atoms with Gasteiger partial charge in [-0.2, -0.15) is 23.4 Å². The van der Waals surface area contributed by atoms with Gasteiger partial charge in [0.1, 0.15) is 6.54 Å². The summed E-state index contributed by atoms with van der Waals surface area (Å²) in [6, 6.07) is 5.01. The van der Waals surface area contributed by atoms with Crippen LogP contribution in [0.2, 0.25) is 0 Å². The molecule has 0 saturated heterocycles. The monoisotopic (exact) mass is 364 g/mol. The number of nitrogens with zero attached hydrogens (tertiary/aromatic N) is 3. The second-order valence-corrected chi connectivity index (χ2v) is 6.45. The van der Waals surface area contributed by atoms with Gasteiger partial charge in [0.15, 0.2) is 5.69 Å². The number of carbonyl (C=O) groups excluding carboxylic acids is 1. The van der Waals surface area contributed by atoms with E-state index in [-0.39, 0.29) is 6.54 Å². The third-order valence-corrected chi connectivity index (χ3v) is 4.32. The van der Waals surface area contributed by atoms with E-state index < -0.39 is 17.8 Å². The van der Waals surface area contributed by atoms with E-state index in [2.05, 4.69) is 34.7 Å². The molecule has 1 aromatic heterocycles. The van der Waals surface area contributed by atoms with Gasteiger partial charge in [0.2, 0.25) is 0 Å². The summed E-state index contributed by atoms with van der Waals surface area (Å²) in [6.45, 7) is 3.74. The molecule has 2 aromatic rings. The number of benzene rings is 1. The first kappa shape index (κ1) is 18.2. The zero-order chi connectivity index (χ0) is 18.9. The molecule has 26 heavy (non-hydrogen) atoms. The van der Waals surface area contributed by atoms with Crippen molar-refractivity contribution >= 4 is 11.6 Å². The Labute approximate surface area is 148 Å². The largest absolute Gasteiger partial charge is 0.435 e. The summed E-state index contributed by atoms with van der Waals surface area (Å²) >= 11 is 0. The van der Waals surface area contributed by atoms with Crippen LogP contribution in [0.4, 0.5) is 13.2 Å². The van der Waals surface area contributed by atoms with Crippen molar-refractivity contribution < 1.29 is 18.0 Å². The lowest BCUT2D eigenvalue weighted by atomic mass is 9.86. The summed E-state index contributed by atoms with van der Waals surface area (Å²) in [5.74, 6) is -0.522. The summed E-state index contributed by atoms with van der Waals surface area (Å²) in [5, 5.41) is 7.57. The normalized spacial score (nSPS) is 15.8. The number of halogens is 3. The number of fused-ring (bicyclic) bond motifs is 1. The molecule has 138 valence electrons. The molecule has 0 radical (unpaired) electrons. The second-order valence-electron chi connectivity index (χ2n) is 6.45. The highest BCUT2D eigenvalue weighted by atomic mass is 19.4. The van der Waals surface area contributed by atoms with E-state index in [1.54, 1.807) is 0 Å². The molecule has 0 aliphatic heterocycles. The summed E-state index contributed by atoms with van der Waals surface area (Å²) < 4.78 is 38.6. The van der Waals surface area contributed by atoms with E-state index in [1.165, 1.54) is 11.1 Å². The minimum atomic E-state index is -4.52. The van der Waals surface area contributed by atoms with Crippen molar-refractivity contribution in [1.29, 1.82) is 0 Å². The third-order valence-electron chi connectivity index (χ3n) is 4.32. The summed E-state index contributed by atoms with van der Waals surface area (Å²) in [4.78, 5) is 12.0. The molecule has 1 aliphatic rings. The average Bonchev–Trinajstić information content (AvgIpc) is 3.01. The van der Waals surface area contributed by atoms with Crippen molar-refractivity contribution in [2.45, 2.75) is 45.8 Å². The van der Waals surface area contributed by atoms with Crippen LogP contribution in [0.5, 0.6) is 0 Å². The Morgan fingerprint density at radius 3 is 2.77 bits per heavy atom. The maximum atomic E-state index is 12.5. The minimum Gasteiger partial charge on any atom is -0.271 e. The number of hydrogen-bond donors (Lipinski definition) is 1. The van der Waals surface area contributed by atoms with E-state index in [9.17, 15) is 18.0 Å². The molecule has 5 nitrogen and oxygen atoms in total. The summed E-state index contributed by atoms with van der Waals surface area (Å²) in [6.07, 6.45) is -0.737. The standard InChI is InChI=1S/C18H19F3N4O/c1-11-8-12(2)13-4-3-5-15(14(13)9-11)22-23-17(26)10-25-7-6-16(24-25)18(19,20)21/h6-9H,3-5,10H2,1-2H3,(H,23,26)/b22-15-. The molecular formula is C18H19F3N4O. The molecular weight excluding hydrogens is 345 g/mol. The van der Waals surface area contributed by atoms with Crippen molar-refractivity contribution in [3.05, 3.63) is 52.3 Å². The van der Waals surface area contributed by atoms with Gasteiger partial charge in [0.05, 0.1) is 5.71 Å². The highest BCUT2D eigenvalue weighted by Gasteiger charge is 2.33. The Morgan fingerprint density at radius 2 is 2.08 bits per heavy atom. The van der Waals surface area contributed by atoms with Gasteiger partial charge < -0.3 is 0 Å². The third kappa shape index (κ3) is 3.95. The molecule has 1 aromatic carbocycles. The van der Waals surface area contributed by atoms with Crippen LogP contribution >= 0.6 is 0 Å². The van der Waals surface area contributed by atoms with Gasteiger partial charge >= 0.3 is 6.18 Å². The Hall–Kier alpha value is -2.64.